The molecule has 0 unspecified atom stereocenters. The van der Waals surface area contributed by atoms with E-state index in [4.69, 9.17) is 9.47 Å². The van der Waals surface area contributed by atoms with Crippen LogP contribution in [0.4, 0.5) is 5.82 Å². The van der Waals surface area contributed by atoms with Crippen LogP contribution in [0.5, 0.6) is 11.6 Å². The van der Waals surface area contributed by atoms with Crippen LogP contribution in [0.25, 0.3) is 6.08 Å². The second-order valence-corrected chi connectivity index (χ2v) is 6.04. The van der Waals surface area contributed by atoms with Crippen molar-refractivity contribution >= 4 is 17.9 Å². The molecule has 3 heterocycles. The molecule has 0 radical (unpaired) electrons. The fourth-order valence-electron chi connectivity index (χ4n) is 2.94. The maximum absolute atomic E-state index is 11.6. The van der Waals surface area contributed by atoms with Crippen molar-refractivity contribution in [2.45, 2.75) is 18.9 Å². The first-order valence-electron chi connectivity index (χ1n) is 8.64. The molecule has 0 aromatic carbocycles. The van der Waals surface area contributed by atoms with Crippen molar-refractivity contribution in [3.8, 4) is 11.6 Å². The van der Waals surface area contributed by atoms with Gasteiger partial charge in [0, 0.05) is 37.6 Å². The molecule has 8 nitrogen and oxygen atoms in total. The van der Waals surface area contributed by atoms with Gasteiger partial charge in [-0.15, -0.1) is 10.2 Å². The Hall–Kier alpha value is -3.16. The third-order valence-electron chi connectivity index (χ3n) is 4.38. The number of ether oxygens (including phenoxy) is 3. The Morgan fingerprint density at radius 2 is 2.04 bits per heavy atom. The molecule has 27 heavy (non-hydrogen) atoms. The molecule has 2 aromatic rings. The largest absolute Gasteiger partial charge is 0.489 e. The Balaban J connectivity index is 1.63. The Kier molecular flexibility index (Phi) is 5.85. The van der Waals surface area contributed by atoms with Gasteiger partial charge in [0.25, 0.3) is 0 Å². The standard InChI is InChI=1S/C19H22N4O4/c1-4-13-11-16(19(24)26-3)21-22-18(13)23-9-7-14(8-10-23)27-15-5-6-17(25-2)20-12-15/h4-6,11-12,14H,1,7-10H2,2-3H3. The van der Waals surface area contributed by atoms with Gasteiger partial charge < -0.3 is 19.1 Å². The van der Waals surface area contributed by atoms with E-state index in [9.17, 15) is 4.79 Å². The first kappa shape index (κ1) is 18.6. The van der Waals surface area contributed by atoms with Crippen LogP contribution in [0.15, 0.2) is 31.0 Å². The number of aromatic nitrogens is 3. The summed E-state index contributed by atoms with van der Waals surface area (Å²) >= 11 is 0. The van der Waals surface area contributed by atoms with Crippen molar-refractivity contribution in [3.63, 3.8) is 0 Å². The number of esters is 1. The lowest BCUT2D eigenvalue weighted by molar-refractivity contribution is 0.0592. The quantitative estimate of drug-likeness (QED) is 0.716. The average Bonchev–Trinajstić information content (AvgIpc) is 2.74. The zero-order valence-corrected chi connectivity index (χ0v) is 15.4. The number of carbonyl (C=O) groups excluding carboxylic acids is 1. The van der Waals surface area contributed by atoms with Crippen molar-refractivity contribution in [2.75, 3.05) is 32.2 Å². The highest BCUT2D eigenvalue weighted by Crippen LogP contribution is 2.25. The maximum atomic E-state index is 11.6. The highest BCUT2D eigenvalue weighted by Gasteiger charge is 2.24. The van der Waals surface area contributed by atoms with Gasteiger partial charge in [-0.05, 0) is 12.1 Å². The summed E-state index contributed by atoms with van der Waals surface area (Å²) in [6.45, 7) is 5.34. The topological polar surface area (TPSA) is 86.7 Å². The van der Waals surface area contributed by atoms with E-state index in [0.29, 0.717) is 11.7 Å². The highest BCUT2D eigenvalue weighted by molar-refractivity contribution is 5.88. The summed E-state index contributed by atoms with van der Waals surface area (Å²) < 4.78 is 15.7. The number of piperidine rings is 1. The van der Waals surface area contributed by atoms with Crippen LogP contribution in [0.3, 0.4) is 0 Å². The van der Waals surface area contributed by atoms with Crippen LogP contribution in [0.1, 0.15) is 28.9 Å². The van der Waals surface area contributed by atoms with E-state index in [2.05, 4.69) is 31.4 Å². The minimum absolute atomic E-state index is 0.103. The lowest BCUT2D eigenvalue weighted by Gasteiger charge is -2.33. The Bertz CT molecular complexity index is 802. The summed E-state index contributed by atoms with van der Waals surface area (Å²) in [4.78, 5) is 17.9. The zero-order valence-electron chi connectivity index (χ0n) is 15.4. The molecule has 0 aliphatic carbocycles. The predicted molar refractivity (Wildman–Crippen MR) is 100 cm³/mol. The Morgan fingerprint density at radius 3 is 2.63 bits per heavy atom. The molecular weight excluding hydrogens is 348 g/mol. The van der Waals surface area contributed by atoms with Crippen molar-refractivity contribution in [1.82, 2.24) is 15.2 Å². The molecule has 0 bridgehead atoms. The number of carbonyl (C=O) groups is 1. The Labute approximate surface area is 157 Å². The molecule has 0 amide bonds. The number of pyridine rings is 1. The van der Waals surface area contributed by atoms with E-state index >= 15 is 0 Å². The number of hydrogen-bond acceptors (Lipinski definition) is 8. The van der Waals surface area contributed by atoms with E-state index in [1.807, 2.05) is 6.07 Å². The fourth-order valence-corrected chi connectivity index (χ4v) is 2.94. The summed E-state index contributed by atoms with van der Waals surface area (Å²) in [6, 6.07) is 5.27. The second kappa shape index (κ2) is 8.48. The number of hydrogen-bond donors (Lipinski definition) is 0. The average molecular weight is 370 g/mol. The van der Waals surface area contributed by atoms with Crippen LogP contribution in [0.2, 0.25) is 0 Å². The molecule has 1 fully saturated rings. The summed E-state index contributed by atoms with van der Waals surface area (Å²) in [5, 5.41) is 8.18. The van der Waals surface area contributed by atoms with Crippen LogP contribution >= 0.6 is 0 Å². The van der Waals surface area contributed by atoms with Gasteiger partial charge in [0.15, 0.2) is 11.5 Å². The van der Waals surface area contributed by atoms with E-state index in [1.54, 1.807) is 31.5 Å². The molecule has 0 N–H and O–H groups in total. The van der Waals surface area contributed by atoms with Gasteiger partial charge in [0.05, 0.1) is 20.4 Å². The molecule has 1 aliphatic rings. The van der Waals surface area contributed by atoms with Crippen molar-refractivity contribution in [1.29, 1.82) is 0 Å². The molecule has 142 valence electrons. The van der Waals surface area contributed by atoms with E-state index < -0.39 is 5.97 Å². The number of anilines is 1. The van der Waals surface area contributed by atoms with Gasteiger partial charge in [-0.2, -0.15) is 0 Å². The van der Waals surface area contributed by atoms with Crippen molar-refractivity contribution in [2.24, 2.45) is 0 Å². The van der Waals surface area contributed by atoms with Gasteiger partial charge in [-0.25, -0.2) is 9.78 Å². The summed E-state index contributed by atoms with van der Waals surface area (Å²) in [7, 11) is 2.89. The van der Waals surface area contributed by atoms with E-state index in [1.165, 1.54) is 7.11 Å². The molecule has 3 rings (SSSR count). The smallest absolute Gasteiger partial charge is 0.358 e. The van der Waals surface area contributed by atoms with Crippen LogP contribution in [-0.4, -0.2) is 54.6 Å². The Morgan fingerprint density at radius 1 is 1.26 bits per heavy atom. The first-order chi connectivity index (χ1) is 13.1. The zero-order chi connectivity index (χ0) is 19.2. The van der Waals surface area contributed by atoms with Gasteiger partial charge in [0.2, 0.25) is 5.88 Å². The number of nitrogens with zero attached hydrogens (tertiary/aromatic N) is 4. The number of rotatable bonds is 6. The van der Waals surface area contributed by atoms with E-state index in [0.717, 1.165) is 37.2 Å². The van der Waals surface area contributed by atoms with Gasteiger partial charge in [-0.1, -0.05) is 12.7 Å². The van der Waals surface area contributed by atoms with Crippen LogP contribution < -0.4 is 14.4 Å². The predicted octanol–water partition coefficient (Wildman–Crippen LogP) is 2.36. The summed E-state index contributed by atoms with van der Waals surface area (Å²) in [6.07, 6.45) is 5.11. The van der Waals surface area contributed by atoms with Gasteiger partial charge >= 0.3 is 5.97 Å². The normalized spacial score (nSPS) is 14.5. The maximum Gasteiger partial charge on any atom is 0.358 e. The molecular formula is C19H22N4O4. The molecule has 1 saturated heterocycles. The molecule has 1 aliphatic heterocycles. The minimum Gasteiger partial charge on any atom is -0.489 e. The van der Waals surface area contributed by atoms with Gasteiger partial charge in [0.1, 0.15) is 11.9 Å². The monoisotopic (exact) mass is 370 g/mol. The third kappa shape index (κ3) is 4.33. The highest BCUT2D eigenvalue weighted by atomic mass is 16.5. The lowest BCUT2D eigenvalue weighted by atomic mass is 10.1. The van der Waals surface area contributed by atoms with Crippen molar-refractivity contribution in [3.05, 3.63) is 42.2 Å². The molecule has 2 aromatic heterocycles. The van der Waals surface area contributed by atoms with Crippen molar-refractivity contribution < 1.29 is 19.0 Å². The molecule has 0 saturated carbocycles. The number of methoxy groups -OCH3 is 2. The summed E-state index contributed by atoms with van der Waals surface area (Å²) in [5.74, 6) is 1.48. The first-order valence-corrected chi connectivity index (χ1v) is 8.64. The van der Waals surface area contributed by atoms with Crippen LogP contribution in [-0.2, 0) is 4.74 Å². The molecule has 8 heteroatoms. The lowest BCUT2D eigenvalue weighted by Crippen LogP contribution is -2.39. The molecule has 0 spiro atoms. The third-order valence-corrected chi connectivity index (χ3v) is 4.38. The van der Waals surface area contributed by atoms with Gasteiger partial charge in [-0.3, -0.25) is 0 Å². The van der Waals surface area contributed by atoms with Crippen LogP contribution in [0, 0.1) is 0 Å². The second-order valence-electron chi connectivity index (χ2n) is 6.04. The minimum atomic E-state index is -0.516. The summed E-state index contributed by atoms with van der Waals surface area (Å²) in [5.41, 5.74) is 0.922. The SMILES string of the molecule is C=Cc1cc(C(=O)OC)nnc1N1CCC(Oc2ccc(OC)nc2)CC1. The molecule has 0 atom stereocenters. The van der Waals surface area contributed by atoms with E-state index in [-0.39, 0.29) is 11.8 Å². The fraction of sp³-hybridized carbons (Fsp3) is 0.368.